The topological polar surface area (TPSA) is 218 Å². The van der Waals surface area contributed by atoms with Crippen molar-refractivity contribution in [1.82, 2.24) is 25.2 Å². The minimum absolute atomic E-state index is 0.0864. The smallest absolute Gasteiger partial charge is 0.410 e. The molecule has 1 aromatic carbocycles. The number of nitrogens with one attached hydrogen (secondary N) is 3. The Morgan fingerprint density at radius 1 is 1.02 bits per heavy atom. The molecule has 288 valence electrons. The second-order valence-electron chi connectivity index (χ2n) is 15.6. The van der Waals surface area contributed by atoms with Crippen molar-refractivity contribution in [3.05, 3.63) is 47.0 Å². The lowest BCUT2D eigenvalue weighted by molar-refractivity contribution is -0.141. The van der Waals surface area contributed by atoms with Crippen LogP contribution in [0.5, 0.6) is 0 Å². The van der Waals surface area contributed by atoms with E-state index < -0.39 is 86.4 Å². The van der Waals surface area contributed by atoms with E-state index >= 15 is 0 Å². The fourth-order valence-electron chi connectivity index (χ4n) is 7.17. The molecule has 0 radical (unpaired) electrons. The standard InChI is InChI=1S/C36H47N5O11S/c1-35(2,3)52-33(47)37-27-10-8-6-4-5-7-9-24-17-36(24,32(46)39-53(49,50)26-13-14-26)38-29(42)28-16-25(20-41(28)30(27)43)51-34(48)40-18-22-12-11-21(31(44)45)15-23(22)19-40/h7,9,11-12,15,24-28H,4-6,8,10,13-14,16-20H2,1-3H3,(H,37,47)(H,38,42)(H,39,46)(H,44,45)/t24-,25-,27+,28+,36-/m1/s1. The summed E-state index contributed by atoms with van der Waals surface area (Å²) in [5.41, 5.74) is -0.905. The van der Waals surface area contributed by atoms with Crippen LogP contribution < -0.4 is 15.4 Å². The van der Waals surface area contributed by atoms with Crippen molar-refractivity contribution in [1.29, 1.82) is 0 Å². The minimum Gasteiger partial charge on any atom is -0.478 e. The number of nitrogens with zero attached hydrogens (tertiary/aromatic N) is 2. The van der Waals surface area contributed by atoms with E-state index in [2.05, 4.69) is 15.4 Å². The van der Waals surface area contributed by atoms with Crippen LogP contribution in [0.2, 0.25) is 0 Å². The van der Waals surface area contributed by atoms with E-state index in [4.69, 9.17) is 9.47 Å². The zero-order chi connectivity index (χ0) is 38.3. The Balaban J connectivity index is 1.24. The zero-order valence-corrected chi connectivity index (χ0v) is 30.9. The molecular weight excluding hydrogens is 710 g/mol. The van der Waals surface area contributed by atoms with Crippen molar-refractivity contribution in [2.75, 3.05) is 6.54 Å². The number of rotatable bonds is 6. The Labute approximate surface area is 308 Å². The van der Waals surface area contributed by atoms with E-state index in [-0.39, 0.29) is 44.5 Å². The molecule has 1 aromatic rings. The first-order valence-corrected chi connectivity index (χ1v) is 19.7. The second kappa shape index (κ2) is 14.6. The Hall–Kier alpha value is -4.67. The summed E-state index contributed by atoms with van der Waals surface area (Å²) < 4.78 is 39.0. The van der Waals surface area contributed by atoms with Gasteiger partial charge in [-0.05, 0) is 82.6 Å². The molecule has 2 saturated carbocycles. The molecule has 6 rings (SSSR count). The average Bonchev–Trinajstić information content (AvgIpc) is 3.96. The highest BCUT2D eigenvalue weighted by Gasteiger charge is 2.62. The number of hydrogen-bond acceptors (Lipinski definition) is 10. The van der Waals surface area contributed by atoms with Gasteiger partial charge in [0.1, 0.15) is 29.3 Å². The minimum atomic E-state index is -3.93. The molecule has 16 nitrogen and oxygen atoms in total. The van der Waals surface area contributed by atoms with E-state index in [1.54, 1.807) is 26.8 Å². The third-order valence-corrected chi connectivity index (χ3v) is 12.1. The van der Waals surface area contributed by atoms with Crippen LogP contribution in [-0.2, 0) is 47.0 Å². The van der Waals surface area contributed by atoms with Crippen molar-refractivity contribution in [2.24, 2.45) is 5.92 Å². The first kappa shape index (κ1) is 38.1. The number of benzene rings is 1. The van der Waals surface area contributed by atoms with Crippen LogP contribution in [0.4, 0.5) is 9.59 Å². The van der Waals surface area contributed by atoms with Crippen molar-refractivity contribution < 1.29 is 51.8 Å². The summed E-state index contributed by atoms with van der Waals surface area (Å²) in [7, 11) is -3.93. The van der Waals surface area contributed by atoms with Crippen LogP contribution in [0.3, 0.4) is 0 Å². The number of hydrogen-bond donors (Lipinski definition) is 4. The fraction of sp³-hybridized carbons (Fsp3) is 0.611. The summed E-state index contributed by atoms with van der Waals surface area (Å²) in [4.78, 5) is 82.6. The lowest BCUT2D eigenvalue weighted by Crippen LogP contribution is -2.58. The second-order valence-corrected chi connectivity index (χ2v) is 17.6. The van der Waals surface area contributed by atoms with Crippen molar-refractivity contribution in [2.45, 2.75) is 126 Å². The monoisotopic (exact) mass is 757 g/mol. The van der Waals surface area contributed by atoms with Gasteiger partial charge in [0.2, 0.25) is 21.8 Å². The number of carboxylic acid groups (broad SMARTS) is 1. The molecule has 3 heterocycles. The Bertz CT molecular complexity index is 1820. The van der Waals surface area contributed by atoms with Crippen molar-refractivity contribution in [3.63, 3.8) is 0 Å². The number of aromatic carboxylic acids is 1. The highest BCUT2D eigenvalue weighted by Crippen LogP contribution is 2.46. The van der Waals surface area contributed by atoms with Gasteiger partial charge in [0.15, 0.2) is 0 Å². The number of carboxylic acids is 1. The number of carbonyl (C=O) groups is 6. The quantitative estimate of drug-likeness (QED) is 0.309. The van der Waals surface area contributed by atoms with E-state index in [0.717, 1.165) is 12.0 Å². The fourth-order valence-corrected chi connectivity index (χ4v) is 8.53. The number of carbonyl (C=O) groups excluding carboxylic acids is 5. The molecule has 3 fully saturated rings. The van der Waals surface area contributed by atoms with Crippen LogP contribution in [0.1, 0.15) is 100 Å². The summed E-state index contributed by atoms with van der Waals surface area (Å²) in [6, 6.07) is 2.28. The molecule has 0 aromatic heterocycles. The maximum Gasteiger partial charge on any atom is 0.410 e. The van der Waals surface area contributed by atoms with E-state index in [9.17, 15) is 42.3 Å². The third kappa shape index (κ3) is 8.77. The van der Waals surface area contributed by atoms with Gasteiger partial charge in [-0.25, -0.2) is 22.8 Å². The van der Waals surface area contributed by atoms with Gasteiger partial charge in [-0.2, -0.15) is 0 Å². The molecule has 53 heavy (non-hydrogen) atoms. The first-order chi connectivity index (χ1) is 25.0. The first-order valence-electron chi connectivity index (χ1n) is 18.1. The van der Waals surface area contributed by atoms with Crippen molar-refractivity contribution >= 4 is 45.9 Å². The Kier molecular flexibility index (Phi) is 10.5. The van der Waals surface area contributed by atoms with Crippen LogP contribution in [-0.4, -0.2) is 100 Å². The molecule has 0 bridgehead atoms. The largest absolute Gasteiger partial charge is 0.478 e. The predicted molar refractivity (Wildman–Crippen MR) is 187 cm³/mol. The summed E-state index contributed by atoms with van der Waals surface area (Å²) in [6.45, 7) is 5.15. The van der Waals surface area contributed by atoms with Crippen molar-refractivity contribution in [3.8, 4) is 0 Å². The maximum atomic E-state index is 14.3. The molecule has 5 atom stereocenters. The van der Waals surface area contributed by atoms with E-state index in [1.807, 2.05) is 12.2 Å². The highest BCUT2D eigenvalue weighted by molar-refractivity contribution is 7.91. The van der Waals surface area contributed by atoms with Crippen LogP contribution in [0.15, 0.2) is 30.4 Å². The van der Waals surface area contributed by atoms with Crippen LogP contribution in [0, 0.1) is 5.92 Å². The number of sulfonamides is 1. The SMILES string of the molecule is CC(C)(C)OC(=O)N[C@H]1CCCCCC=C[C@@H]2C[C@@]2(C(=O)NS(=O)(=O)C2CC2)NC(=O)[C@@H]2C[C@@H](OC(=O)N3Cc4ccc(C(=O)O)cc4C3)CN2C1=O. The number of ether oxygens (including phenoxy) is 2. The van der Waals surface area contributed by atoms with E-state index in [0.29, 0.717) is 37.7 Å². The summed E-state index contributed by atoms with van der Waals surface area (Å²) in [6.07, 6.45) is 5.05. The normalized spacial score (nSPS) is 27.6. The molecule has 3 aliphatic heterocycles. The number of allylic oxidation sites excluding steroid dienone is 1. The van der Waals surface area contributed by atoms with Gasteiger partial charge >= 0.3 is 18.2 Å². The number of alkyl carbamates (subject to hydrolysis) is 1. The molecule has 1 saturated heterocycles. The maximum absolute atomic E-state index is 14.3. The molecule has 5 amide bonds. The van der Waals surface area contributed by atoms with E-state index in [1.165, 1.54) is 21.9 Å². The number of amides is 5. The molecule has 0 spiro atoms. The van der Waals surface area contributed by atoms with Gasteiger partial charge in [-0.15, -0.1) is 0 Å². The van der Waals surface area contributed by atoms with Gasteiger partial charge in [0, 0.05) is 25.4 Å². The Morgan fingerprint density at radius 3 is 2.45 bits per heavy atom. The van der Waals surface area contributed by atoms with Crippen LogP contribution in [0.25, 0.3) is 0 Å². The lowest BCUT2D eigenvalue weighted by atomic mass is 10.0. The lowest BCUT2D eigenvalue weighted by Gasteiger charge is -2.30. The molecule has 4 N–H and O–H groups in total. The molecular formula is C36H47N5O11S. The highest BCUT2D eigenvalue weighted by atomic mass is 32.2. The zero-order valence-electron chi connectivity index (χ0n) is 30.1. The van der Waals surface area contributed by atoms with Gasteiger partial charge in [-0.3, -0.25) is 24.0 Å². The predicted octanol–water partition coefficient (Wildman–Crippen LogP) is 2.70. The van der Waals surface area contributed by atoms with Crippen LogP contribution >= 0.6 is 0 Å². The summed E-state index contributed by atoms with van der Waals surface area (Å²) in [5, 5.41) is 14.2. The summed E-state index contributed by atoms with van der Waals surface area (Å²) >= 11 is 0. The van der Waals surface area contributed by atoms with Gasteiger partial charge < -0.3 is 30.1 Å². The molecule has 5 aliphatic rings. The molecule has 17 heteroatoms. The third-order valence-electron chi connectivity index (χ3n) is 10.2. The van der Waals surface area contributed by atoms with Gasteiger partial charge in [0.05, 0.1) is 17.4 Å². The summed E-state index contributed by atoms with van der Waals surface area (Å²) in [5.74, 6) is -3.75. The molecule has 0 unspecified atom stereocenters. The Morgan fingerprint density at radius 2 is 1.75 bits per heavy atom. The number of fused-ring (bicyclic) bond motifs is 3. The average molecular weight is 758 g/mol. The van der Waals surface area contributed by atoms with Gasteiger partial charge in [-0.1, -0.05) is 31.1 Å². The van der Waals surface area contributed by atoms with Gasteiger partial charge in [0.25, 0.3) is 5.91 Å². The molecule has 2 aliphatic carbocycles.